The number of fused-ring (bicyclic) bond motifs is 6. The van der Waals surface area contributed by atoms with Gasteiger partial charge < -0.3 is 4.90 Å². The van der Waals surface area contributed by atoms with Crippen LogP contribution in [0.3, 0.4) is 0 Å². The van der Waals surface area contributed by atoms with E-state index in [9.17, 15) is 0 Å². The summed E-state index contributed by atoms with van der Waals surface area (Å²) >= 11 is 0. The molecule has 306 valence electrons. The third kappa shape index (κ3) is 6.39. The molecule has 1 aliphatic rings. The van der Waals surface area contributed by atoms with Gasteiger partial charge in [0, 0.05) is 22.4 Å². The monoisotopic (exact) mass is 827 g/mol. The fourth-order valence-electron chi connectivity index (χ4n) is 10.7. The third-order valence-corrected chi connectivity index (χ3v) is 13.7. The second-order valence-electron chi connectivity index (χ2n) is 17.3. The molecule has 0 amide bonds. The van der Waals surface area contributed by atoms with Crippen molar-refractivity contribution in [2.75, 3.05) is 4.90 Å². The van der Waals surface area contributed by atoms with Crippen molar-refractivity contribution in [2.45, 2.75) is 12.3 Å². The molecule has 0 aliphatic heterocycles. The molecule has 12 rings (SSSR count). The average molecular weight is 828 g/mol. The molecule has 0 N–H and O–H groups in total. The van der Waals surface area contributed by atoms with E-state index in [4.69, 9.17) is 0 Å². The molecular weight excluding hydrogens is 783 g/mol. The summed E-state index contributed by atoms with van der Waals surface area (Å²) in [5, 5.41) is 4.93. The van der Waals surface area contributed by atoms with E-state index in [0.29, 0.717) is 0 Å². The predicted molar refractivity (Wildman–Crippen MR) is 275 cm³/mol. The number of anilines is 3. The number of hydrogen-bond donors (Lipinski definition) is 0. The molecule has 0 fully saturated rings. The van der Waals surface area contributed by atoms with Gasteiger partial charge in [-0.1, -0.05) is 218 Å². The lowest BCUT2D eigenvalue weighted by molar-refractivity contribution is 0.714. The molecule has 0 radical (unpaired) electrons. The quantitative estimate of drug-likeness (QED) is 0.138. The highest BCUT2D eigenvalue weighted by Gasteiger charge is 2.41. The first kappa shape index (κ1) is 38.4. The van der Waals surface area contributed by atoms with Gasteiger partial charge in [0.2, 0.25) is 0 Å². The minimum atomic E-state index is -0.300. The zero-order valence-electron chi connectivity index (χ0n) is 36.2. The van der Waals surface area contributed by atoms with Gasteiger partial charge in [-0.05, 0) is 132 Å². The first-order valence-corrected chi connectivity index (χ1v) is 22.6. The molecule has 1 aliphatic carbocycles. The summed E-state index contributed by atoms with van der Waals surface area (Å²) < 4.78 is 0. The van der Waals surface area contributed by atoms with Gasteiger partial charge in [-0.15, -0.1) is 0 Å². The Morgan fingerprint density at radius 3 is 1.46 bits per heavy atom. The highest BCUT2D eigenvalue weighted by molar-refractivity contribution is 6.22. The Morgan fingerprint density at radius 1 is 0.292 bits per heavy atom. The second kappa shape index (κ2) is 15.8. The van der Waals surface area contributed by atoms with Gasteiger partial charge in [-0.3, -0.25) is 0 Å². The van der Waals surface area contributed by atoms with Crippen molar-refractivity contribution in [1.29, 1.82) is 0 Å². The molecule has 11 aromatic rings. The zero-order chi connectivity index (χ0) is 43.3. The van der Waals surface area contributed by atoms with Crippen LogP contribution in [0.2, 0.25) is 0 Å². The molecule has 1 heteroatoms. The normalized spacial score (nSPS) is 14.0. The Morgan fingerprint density at radius 2 is 0.785 bits per heavy atom. The van der Waals surface area contributed by atoms with Crippen LogP contribution in [0, 0.1) is 0 Å². The number of rotatable bonds is 8. The van der Waals surface area contributed by atoms with Crippen LogP contribution in [0.1, 0.15) is 23.6 Å². The Labute approximate surface area is 381 Å². The minimum absolute atomic E-state index is 0.300. The summed E-state index contributed by atoms with van der Waals surface area (Å²) in [5.74, 6) is 0. The van der Waals surface area contributed by atoms with Crippen LogP contribution in [0.4, 0.5) is 17.1 Å². The largest absolute Gasteiger partial charge is 0.310 e. The number of benzene rings is 11. The third-order valence-electron chi connectivity index (χ3n) is 13.7. The SMILES string of the molecule is CC1(c2ccccc2)c2ccccc2-c2cc(N(c3ccc4c(c3)c(-c3ccccc3)c(-c3ccccc3)c3ccccc34)c3ccc(-c4ccccc4)cc3-c3ccccc3)ccc21. The predicted octanol–water partition coefficient (Wildman–Crippen LogP) is 17.5. The lowest BCUT2D eigenvalue weighted by atomic mass is 9.74. The molecule has 0 saturated carbocycles. The smallest absolute Gasteiger partial charge is 0.0540 e. The second-order valence-corrected chi connectivity index (χ2v) is 17.3. The van der Waals surface area contributed by atoms with Crippen LogP contribution >= 0.6 is 0 Å². The summed E-state index contributed by atoms with van der Waals surface area (Å²) in [4.78, 5) is 2.50. The van der Waals surface area contributed by atoms with Crippen LogP contribution in [-0.4, -0.2) is 0 Å². The van der Waals surface area contributed by atoms with Gasteiger partial charge in [-0.25, -0.2) is 0 Å². The minimum Gasteiger partial charge on any atom is -0.310 e. The maximum Gasteiger partial charge on any atom is 0.0540 e. The van der Waals surface area contributed by atoms with Crippen molar-refractivity contribution < 1.29 is 0 Å². The summed E-state index contributed by atoms with van der Waals surface area (Å²) in [6.07, 6.45) is 0. The lowest BCUT2D eigenvalue weighted by Crippen LogP contribution is -2.22. The molecule has 1 nitrogen and oxygen atoms in total. The van der Waals surface area contributed by atoms with Crippen molar-refractivity contribution in [1.82, 2.24) is 0 Å². The number of nitrogens with zero attached hydrogens (tertiary/aromatic N) is 1. The fraction of sp³-hybridized carbons (Fsp3) is 0.0312. The van der Waals surface area contributed by atoms with Crippen LogP contribution in [-0.2, 0) is 5.41 Å². The fourth-order valence-corrected chi connectivity index (χ4v) is 10.7. The van der Waals surface area contributed by atoms with Gasteiger partial charge in [0.05, 0.1) is 5.69 Å². The van der Waals surface area contributed by atoms with Crippen molar-refractivity contribution in [3.8, 4) is 55.6 Å². The lowest BCUT2D eigenvalue weighted by Gasteiger charge is -2.31. The van der Waals surface area contributed by atoms with E-state index in [-0.39, 0.29) is 5.41 Å². The Balaban J connectivity index is 1.17. The van der Waals surface area contributed by atoms with Crippen molar-refractivity contribution in [3.63, 3.8) is 0 Å². The van der Waals surface area contributed by atoms with Crippen LogP contribution in [0.5, 0.6) is 0 Å². The molecular formula is C64H45N. The molecule has 0 saturated heterocycles. The molecule has 0 aromatic heterocycles. The maximum atomic E-state index is 2.50. The van der Waals surface area contributed by atoms with Crippen LogP contribution in [0.15, 0.2) is 255 Å². The zero-order valence-corrected chi connectivity index (χ0v) is 36.2. The topological polar surface area (TPSA) is 3.24 Å². The first-order chi connectivity index (χ1) is 32.1. The molecule has 65 heavy (non-hydrogen) atoms. The highest BCUT2D eigenvalue weighted by Crippen LogP contribution is 2.55. The standard InChI is InChI=1S/C64H45N/c1-64(49-29-15-6-16-30-49)59-34-20-19-32-54(59)57-42-51(37-39-60(57)64)65(61-40-35-48(44-21-7-2-8-22-44)41-56(61)45-23-9-3-10-24-45)50-36-38-53-52-31-17-18-33-55(52)62(46-25-11-4-12-26-46)63(58(53)43-50)47-27-13-5-14-28-47/h2-43H,1H3. The van der Waals surface area contributed by atoms with E-state index in [1.807, 2.05) is 0 Å². The van der Waals surface area contributed by atoms with Gasteiger partial charge >= 0.3 is 0 Å². The summed E-state index contributed by atoms with van der Waals surface area (Å²) in [6.45, 7) is 2.39. The molecule has 0 heterocycles. The van der Waals surface area contributed by atoms with E-state index in [1.54, 1.807) is 0 Å². The summed E-state index contributed by atoms with van der Waals surface area (Å²) in [7, 11) is 0. The number of hydrogen-bond acceptors (Lipinski definition) is 1. The van der Waals surface area contributed by atoms with Gasteiger partial charge in [-0.2, -0.15) is 0 Å². The Hall–Kier alpha value is -8.26. The van der Waals surface area contributed by atoms with E-state index in [1.165, 1.54) is 82.7 Å². The van der Waals surface area contributed by atoms with Crippen molar-refractivity contribution >= 4 is 38.6 Å². The molecule has 1 atom stereocenters. The van der Waals surface area contributed by atoms with E-state index >= 15 is 0 Å². The highest BCUT2D eigenvalue weighted by atomic mass is 15.1. The van der Waals surface area contributed by atoms with Crippen LogP contribution in [0.25, 0.3) is 77.2 Å². The Kier molecular flexibility index (Phi) is 9.35. The van der Waals surface area contributed by atoms with E-state index in [0.717, 1.165) is 28.2 Å². The molecule has 11 aromatic carbocycles. The van der Waals surface area contributed by atoms with Gasteiger partial charge in [0.1, 0.15) is 0 Å². The van der Waals surface area contributed by atoms with Crippen molar-refractivity contribution in [3.05, 3.63) is 271 Å². The average Bonchev–Trinajstić information content (AvgIpc) is 3.65. The molecule has 1 unspecified atom stereocenters. The first-order valence-electron chi connectivity index (χ1n) is 22.6. The van der Waals surface area contributed by atoms with E-state index < -0.39 is 0 Å². The van der Waals surface area contributed by atoms with E-state index in [2.05, 4.69) is 267 Å². The molecule has 0 spiro atoms. The van der Waals surface area contributed by atoms with Crippen molar-refractivity contribution in [2.24, 2.45) is 0 Å². The Bertz CT molecular complexity index is 3530. The van der Waals surface area contributed by atoms with Gasteiger partial charge in [0.25, 0.3) is 0 Å². The van der Waals surface area contributed by atoms with Crippen LogP contribution < -0.4 is 4.90 Å². The summed E-state index contributed by atoms with van der Waals surface area (Å²) in [6, 6.07) is 93.7. The molecule has 0 bridgehead atoms. The van der Waals surface area contributed by atoms with Gasteiger partial charge in [0.15, 0.2) is 0 Å². The maximum absolute atomic E-state index is 2.50. The summed E-state index contributed by atoms with van der Waals surface area (Å²) in [5.41, 5.74) is 19.1.